The normalized spacial score (nSPS) is 17.4. The zero-order valence-electron chi connectivity index (χ0n) is 4.72. The van der Waals surface area contributed by atoms with Crippen LogP contribution >= 0.6 is 0 Å². The molecule has 0 fully saturated rings. The summed E-state index contributed by atoms with van der Waals surface area (Å²) in [4.78, 5) is 0. The number of hydrogen-bond donors (Lipinski definition) is 2. The first-order chi connectivity index (χ1) is 3.93. The molecule has 2 heteroatoms. The average Bonchev–Trinajstić information content (AvgIpc) is 1.90. The van der Waals surface area contributed by atoms with Gasteiger partial charge in [-0.1, -0.05) is 6.08 Å². The maximum atomic E-state index is 5.36. The van der Waals surface area contributed by atoms with Crippen molar-refractivity contribution in [2.75, 3.05) is 13.1 Å². The van der Waals surface area contributed by atoms with Crippen molar-refractivity contribution in [2.45, 2.75) is 0 Å². The molecule has 0 atom stereocenters. The van der Waals surface area contributed by atoms with Gasteiger partial charge in [-0.05, 0) is 17.8 Å². The van der Waals surface area contributed by atoms with Crippen LogP contribution < -0.4 is 11.1 Å². The topological polar surface area (TPSA) is 38.0 Å². The largest absolute Gasteiger partial charge is 0.387 e. The van der Waals surface area contributed by atoms with Gasteiger partial charge in [-0.3, -0.25) is 0 Å². The molecular weight excluding hydrogens is 100 g/mol. The molecule has 0 aromatic carbocycles. The van der Waals surface area contributed by atoms with Crippen molar-refractivity contribution >= 4 is 0 Å². The van der Waals surface area contributed by atoms with Gasteiger partial charge in [0, 0.05) is 13.1 Å². The molecule has 8 heavy (non-hydrogen) atoms. The fourth-order valence-electron chi connectivity index (χ4n) is 0.643. The maximum Gasteiger partial charge on any atom is 0.0331 e. The van der Waals surface area contributed by atoms with E-state index in [4.69, 9.17) is 5.73 Å². The predicted molar refractivity (Wildman–Crippen MR) is 34.3 cm³/mol. The summed E-state index contributed by atoms with van der Waals surface area (Å²) in [6.45, 7) is 1.57. The van der Waals surface area contributed by atoms with Gasteiger partial charge in [0.1, 0.15) is 0 Å². The van der Waals surface area contributed by atoms with Crippen LogP contribution in [0, 0.1) is 0 Å². The summed E-state index contributed by atoms with van der Waals surface area (Å²) in [6, 6.07) is 0. The van der Waals surface area contributed by atoms with E-state index in [1.165, 1.54) is 5.57 Å². The molecule has 0 aromatic heterocycles. The number of nitrogens with one attached hydrogen (secondary N) is 1. The van der Waals surface area contributed by atoms with E-state index in [0.29, 0.717) is 6.54 Å². The fourth-order valence-corrected chi connectivity index (χ4v) is 0.643. The minimum Gasteiger partial charge on any atom is -0.387 e. The van der Waals surface area contributed by atoms with Crippen molar-refractivity contribution in [3.05, 3.63) is 23.9 Å². The van der Waals surface area contributed by atoms with E-state index in [1.807, 2.05) is 12.3 Å². The first-order valence-electron chi connectivity index (χ1n) is 2.72. The second kappa shape index (κ2) is 2.52. The molecule has 0 radical (unpaired) electrons. The van der Waals surface area contributed by atoms with Crippen molar-refractivity contribution in [3.63, 3.8) is 0 Å². The fraction of sp³-hybridized carbons (Fsp3) is 0.333. The monoisotopic (exact) mass is 110 g/mol. The van der Waals surface area contributed by atoms with Gasteiger partial charge >= 0.3 is 0 Å². The molecule has 0 unspecified atom stereocenters. The van der Waals surface area contributed by atoms with Crippen molar-refractivity contribution < 1.29 is 0 Å². The molecule has 0 saturated carbocycles. The molecule has 1 heterocycles. The van der Waals surface area contributed by atoms with E-state index in [0.717, 1.165) is 6.54 Å². The summed E-state index contributed by atoms with van der Waals surface area (Å²) < 4.78 is 0. The highest BCUT2D eigenvalue weighted by molar-refractivity contribution is 5.22. The summed E-state index contributed by atoms with van der Waals surface area (Å²) in [6.07, 6.45) is 5.99. The molecule has 0 aliphatic carbocycles. The van der Waals surface area contributed by atoms with Crippen molar-refractivity contribution in [1.82, 2.24) is 5.32 Å². The summed E-state index contributed by atoms with van der Waals surface area (Å²) in [5.74, 6) is 0. The van der Waals surface area contributed by atoms with Crippen LogP contribution in [0.15, 0.2) is 23.9 Å². The molecule has 0 saturated heterocycles. The van der Waals surface area contributed by atoms with Gasteiger partial charge in [-0.25, -0.2) is 0 Å². The van der Waals surface area contributed by atoms with Gasteiger partial charge in [0.2, 0.25) is 0 Å². The van der Waals surface area contributed by atoms with E-state index in [1.54, 1.807) is 0 Å². The van der Waals surface area contributed by atoms with Gasteiger partial charge in [-0.15, -0.1) is 0 Å². The molecule has 1 rings (SSSR count). The highest BCUT2D eigenvalue weighted by Crippen LogP contribution is 1.95. The summed E-state index contributed by atoms with van der Waals surface area (Å²) >= 11 is 0. The van der Waals surface area contributed by atoms with Gasteiger partial charge in [0.15, 0.2) is 0 Å². The van der Waals surface area contributed by atoms with Crippen LogP contribution in [0.3, 0.4) is 0 Å². The van der Waals surface area contributed by atoms with Gasteiger partial charge in [0.05, 0.1) is 0 Å². The highest BCUT2D eigenvalue weighted by Gasteiger charge is 1.89. The first-order valence-corrected chi connectivity index (χ1v) is 2.72. The van der Waals surface area contributed by atoms with Crippen LogP contribution in [-0.2, 0) is 0 Å². The number of hydrogen-bond acceptors (Lipinski definition) is 2. The van der Waals surface area contributed by atoms with Crippen LogP contribution in [0.2, 0.25) is 0 Å². The lowest BCUT2D eigenvalue weighted by Crippen LogP contribution is -2.12. The Bertz CT molecular complexity index is 124. The Morgan fingerprint density at radius 3 is 3.00 bits per heavy atom. The van der Waals surface area contributed by atoms with Gasteiger partial charge < -0.3 is 11.1 Å². The molecule has 44 valence electrons. The highest BCUT2D eigenvalue weighted by atomic mass is 14.8. The summed E-state index contributed by atoms with van der Waals surface area (Å²) in [7, 11) is 0. The lowest BCUT2D eigenvalue weighted by molar-refractivity contribution is 0.946. The van der Waals surface area contributed by atoms with Crippen LogP contribution in [-0.4, -0.2) is 13.1 Å². The van der Waals surface area contributed by atoms with E-state index in [2.05, 4.69) is 11.4 Å². The third-order valence-corrected chi connectivity index (χ3v) is 1.13. The maximum absolute atomic E-state index is 5.36. The zero-order chi connectivity index (χ0) is 5.82. The van der Waals surface area contributed by atoms with E-state index < -0.39 is 0 Å². The van der Waals surface area contributed by atoms with Crippen LogP contribution in [0.5, 0.6) is 0 Å². The third kappa shape index (κ3) is 1.10. The third-order valence-electron chi connectivity index (χ3n) is 1.13. The average molecular weight is 110 g/mol. The molecule has 0 aromatic rings. The second-order valence-electron chi connectivity index (χ2n) is 1.72. The standard InChI is InChI=1S/C6H10N2/c7-5-6-1-3-8-4-2-6/h1-3,8H,4-5,7H2. The van der Waals surface area contributed by atoms with E-state index in [-0.39, 0.29) is 0 Å². The SMILES string of the molecule is NCC1=CCNC=C1. The van der Waals surface area contributed by atoms with E-state index in [9.17, 15) is 0 Å². The van der Waals surface area contributed by atoms with E-state index >= 15 is 0 Å². The Hall–Kier alpha value is -0.760. The smallest absolute Gasteiger partial charge is 0.0331 e. The van der Waals surface area contributed by atoms with Gasteiger partial charge in [-0.2, -0.15) is 0 Å². The lowest BCUT2D eigenvalue weighted by atomic mass is 10.2. The molecule has 2 nitrogen and oxygen atoms in total. The molecule has 0 bridgehead atoms. The Labute approximate surface area is 49.1 Å². The second-order valence-corrected chi connectivity index (χ2v) is 1.72. The molecule has 1 aliphatic heterocycles. The predicted octanol–water partition coefficient (Wildman–Crippen LogP) is -0.0116. The molecule has 3 N–H and O–H groups in total. The Balaban J connectivity index is 2.51. The quantitative estimate of drug-likeness (QED) is 0.498. The van der Waals surface area contributed by atoms with Crippen molar-refractivity contribution in [1.29, 1.82) is 0 Å². The Morgan fingerprint density at radius 2 is 2.62 bits per heavy atom. The number of dihydropyridines is 1. The van der Waals surface area contributed by atoms with Crippen LogP contribution in [0.25, 0.3) is 0 Å². The number of nitrogens with two attached hydrogens (primary N) is 1. The van der Waals surface area contributed by atoms with Crippen molar-refractivity contribution in [2.24, 2.45) is 5.73 Å². The summed E-state index contributed by atoms with van der Waals surface area (Å²) in [5, 5.41) is 3.04. The summed E-state index contributed by atoms with van der Waals surface area (Å²) in [5.41, 5.74) is 6.57. The molecular formula is C6H10N2. The molecule has 0 amide bonds. The minimum absolute atomic E-state index is 0.651. The zero-order valence-corrected chi connectivity index (χ0v) is 4.72. The minimum atomic E-state index is 0.651. The molecule has 1 aliphatic rings. The Kier molecular flexibility index (Phi) is 1.70. The molecule has 0 spiro atoms. The number of rotatable bonds is 1. The van der Waals surface area contributed by atoms with Gasteiger partial charge in [0.25, 0.3) is 0 Å². The van der Waals surface area contributed by atoms with Crippen LogP contribution in [0.4, 0.5) is 0 Å². The van der Waals surface area contributed by atoms with Crippen LogP contribution in [0.1, 0.15) is 0 Å². The first kappa shape index (κ1) is 5.38. The Morgan fingerprint density at radius 1 is 1.75 bits per heavy atom. The van der Waals surface area contributed by atoms with Crippen molar-refractivity contribution in [3.8, 4) is 0 Å². The lowest BCUT2D eigenvalue weighted by Gasteiger charge is -2.03.